The van der Waals surface area contributed by atoms with Gasteiger partial charge >= 0.3 is 0 Å². The average molecular weight is 242 g/mol. The van der Waals surface area contributed by atoms with E-state index < -0.39 is 9.84 Å². The number of sulfone groups is 1. The van der Waals surface area contributed by atoms with Gasteiger partial charge in [-0.3, -0.25) is 0 Å². The minimum atomic E-state index is -3.19. The molecule has 1 aromatic heterocycles. The summed E-state index contributed by atoms with van der Waals surface area (Å²) in [5, 5.41) is 7.72. The summed E-state index contributed by atoms with van der Waals surface area (Å²) in [7, 11) is -3.19. The predicted octanol–water partition coefficient (Wildman–Crippen LogP) is -0.120. The zero-order valence-electron chi connectivity index (χ0n) is 8.89. The third-order valence-electron chi connectivity index (χ3n) is 3.09. The fourth-order valence-corrected chi connectivity index (χ4v) is 3.65. The Balaban J connectivity index is 2.02. The van der Waals surface area contributed by atoms with Crippen molar-refractivity contribution in [2.75, 3.05) is 12.3 Å². The molecule has 0 aromatic carbocycles. The van der Waals surface area contributed by atoms with Gasteiger partial charge in [0.2, 0.25) is 15.0 Å². The molecule has 0 aliphatic carbocycles. The zero-order valence-corrected chi connectivity index (χ0v) is 9.70. The lowest BCUT2D eigenvalue weighted by molar-refractivity contribution is 0.489. The highest BCUT2D eigenvalue weighted by atomic mass is 32.2. The minimum absolute atomic E-state index is 0.133. The van der Waals surface area contributed by atoms with E-state index in [0.29, 0.717) is 18.8 Å². The Bertz CT molecular complexity index is 502. The second kappa shape index (κ2) is 3.53. The molecule has 16 heavy (non-hydrogen) atoms. The number of fused-ring (bicyclic) bond motifs is 1. The van der Waals surface area contributed by atoms with E-state index in [1.165, 1.54) is 4.68 Å². The van der Waals surface area contributed by atoms with Gasteiger partial charge in [-0.2, -0.15) is 10.1 Å². The fraction of sp³-hybridized carbons (Fsp3) is 0.778. The molecule has 1 aromatic rings. The van der Waals surface area contributed by atoms with Crippen LogP contribution in [0.4, 0.5) is 0 Å². The van der Waals surface area contributed by atoms with Crippen molar-refractivity contribution in [2.45, 2.75) is 37.0 Å². The maximum absolute atomic E-state index is 11.8. The monoisotopic (exact) mass is 242 g/mol. The van der Waals surface area contributed by atoms with Crippen LogP contribution in [0.2, 0.25) is 0 Å². The van der Waals surface area contributed by atoms with Crippen LogP contribution in [0.1, 0.15) is 31.1 Å². The van der Waals surface area contributed by atoms with E-state index in [9.17, 15) is 8.42 Å². The topological polar surface area (TPSA) is 76.9 Å². The summed E-state index contributed by atoms with van der Waals surface area (Å²) in [6, 6.07) is 0.133. The Kier molecular flexibility index (Phi) is 2.25. The summed E-state index contributed by atoms with van der Waals surface area (Å²) in [6.07, 6.45) is 2.72. The molecule has 1 N–H and O–H groups in total. The SMILES string of the molecule is O=S1(=O)CCCn2nc(C3CCCN3)nc21. The number of hydrogen-bond acceptors (Lipinski definition) is 5. The molecule has 2 aliphatic rings. The third-order valence-corrected chi connectivity index (χ3v) is 4.77. The first-order valence-corrected chi connectivity index (χ1v) is 7.23. The lowest BCUT2D eigenvalue weighted by atomic mass is 10.2. The summed E-state index contributed by atoms with van der Waals surface area (Å²) in [6.45, 7) is 1.62. The molecule has 3 heterocycles. The molecular weight excluding hydrogens is 228 g/mol. The number of nitrogens with zero attached hydrogens (tertiary/aromatic N) is 3. The van der Waals surface area contributed by atoms with E-state index in [1.54, 1.807) is 0 Å². The maximum Gasteiger partial charge on any atom is 0.245 e. The van der Waals surface area contributed by atoms with E-state index in [2.05, 4.69) is 15.4 Å². The summed E-state index contributed by atoms with van der Waals surface area (Å²) in [5.41, 5.74) is 0. The number of rotatable bonds is 1. The molecule has 0 bridgehead atoms. The van der Waals surface area contributed by atoms with Crippen molar-refractivity contribution in [3.63, 3.8) is 0 Å². The molecule has 1 fully saturated rings. The first-order chi connectivity index (χ1) is 7.67. The summed E-state index contributed by atoms with van der Waals surface area (Å²) >= 11 is 0. The van der Waals surface area contributed by atoms with Crippen LogP contribution in [0, 0.1) is 0 Å². The molecule has 0 radical (unpaired) electrons. The van der Waals surface area contributed by atoms with Gasteiger partial charge in [-0.15, -0.1) is 0 Å². The van der Waals surface area contributed by atoms with Crippen molar-refractivity contribution in [3.05, 3.63) is 5.82 Å². The molecule has 6 nitrogen and oxygen atoms in total. The standard InChI is InChI=1S/C9H14N4O2S/c14-16(15)6-2-5-13-9(16)11-8(12-13)7-3-1-4-10-7/h7,10H,1-6H2. The highest BCUT2D eigenvalue weighted by Crippen LogP contribution is 2.23. The summed E-state index contributed by atoms with van der Waals surface area (Å²) < 4.78 is 25.1. The molecule has 7 heteroatoms. The summed E-state index contributed by atoms with van der Waals surface area (Å²) in [5.74, 6) is 0.835. The van der Waals surface area contributed by atoms with Gasteiger partial charge in [-0.05, 0) is 25.8 Å². The Morgan fingerprint density at radius 1 is 1.38 bits per heavy atom. The van der Waals surface area contributed by atoms with Gasteiger partial charge in [0.05, 0.1) is 11.8 Å². The molecule has 1 atom stereocenters. The van der Waals surface area contributed by atoms with E-state index in [4.69, 9.17) is 0 Å². The maximum atomic E-state index is 11.8. The predicted molar refractivity (Wildman–Crippen MR) is 56.7 cm³/mol. The van der Waals surface area contributed by atoms with Crippen molar-refractivity contribution >= 4 is 9.84 Å². The lowest BCUT2D eigenvalue weighted by Crippen LogP contribution is -2.22. The van der Waals surface area contributed by atoms with Crippen molar-refractivity contribution < 1.29 is 8.42 Å². The van der Waals surface area contributed by atoms with Crippen LogP contribution in [0.5, 0.6) is 0 Å². The van der Waals surface area contributed by atoms with Gasteiger partial charge < -0.3 is 5.32 Å². The van der Waals surface area contributed by atoms with E-state index >= 15 is 0 Å². The Hall–Kier alpha value is -0.950. The second-order valence-corrected chi connectivity index (χ2v) is 6.30. The van der Waals surface area contributed by atoms with Gasteiger partial charge in [-0.25, -0.2) is 13.1 Å². The largest absolute Gasteiger partial charge is 0.307 e. The highest BCUT2D eigenvalue weighted by Gasteiger charge is 2.30. The van der Waals surface area contributed by atoms with E-state index in [0.717, 1.165) is 19.4 Å². The third kappa shape index (κ3) is 1.54. The van der Waals surface area contributed by atoms with Crippen LogP contribution in [-0.4, -0.2) is 35.5 Å². The average Bonchev–Trinajstić information content (AvgIpc) is 2.84. The molecule has 0 saturated carbocycles. The molecule has 1 saturated heterocycles. The number of aromatic nitrogens is 3. The lowest BCUT2D eigenvalue weighted by Gasteiger charge is -2.11. The summed E-state index contributed by atoms with van der Waals surface area (Å²) in [4.78, 5) is 4.19. The first kappa shape index (κ1) is 10.2. The molecular formula is C9H14N4O2S. The van der Waals surface area contributed by atoms with Gasteiger partial charge in [0.1, 0.15) is 0 Å². The van der Waals surface area contributed by atoms with Crippen LogP contribution in [0.25, 0.3) is 0 Å². The van der Waals surface area contributed by atoms with Crippen LogP contribution in [-0.2, 0) is 16.4 Å². The minimum Gasteiger partial charge on any atom is -0.307 e. The van der Waals surface area contributed by atoms with Crippen molar-refractivity contribution in [2.24, 2.45) is 0 Å². The quantitative estimate of drug-likeness (QED) is 0.743. The van der Waals surface area contributed by atoms with Gasteiger partial charge in [0.15, 0.2) is 5.82 Å². The number of aryl methyl sites for hydroxylation is 1. The molecule has 88 valence electrons. The van der Waals surface area contributed by atoms with Gasteiger partial charge in [0.25, 0.3) is 0 Å². The Labute approximate surface area is 94.0 Å². The van der Waals surface area contributed by atoms with Crippen LogP contribution < -0.4 is 5.32 Å². The van der Waals surface area contributed by atoms with Gasteiger partial charge in [0, 0.05) is 6.54 Å². The smallest absolute Gasteiger partial charge is 0.245 e. The normalized spacial score (nSPS) is 27.9. The van der Waals surface area contributed by atoms with Crippen molar-refractivity contribution in [1.29, 1.82) is 0 Å². The van der Waals surface area contributed by atoms with Crippen LogP contribution in [0.3, 0.4) is 0 Å². The van der Waals surface area contributed by atoms with E-state index in [-0.39, 0.29) is 17.0 Å². The Morgan fingerprint density at radius 3 is 2.94 bits per heavy atom. The molecule has 0 spiro atoms. The van der Waals surface area contributed by atoms with E-state index in [1.807, 2.05) is 0 Å². The van der Waals surface area contributed by atoms with Crippen molar-refractivity contribution in [1.82, 2.24) is 20.1 Å². The fourth-order valence-electron chi connectivity index (χ4n) is 2.27. The van der Waals surface area contributed by atoms with Crippen LogP contribution >= 0.6 is 0 Å². The number of hydrogen-bond donors (Lipinski definition) is 1. The van der Waals surface area contributed by atoms with Crippen molar-refractivity contribution in [3.8, 4) is 0 Å². The molecule has 2 aliphatic heterocycles. The molecule has 0 amide bonds. The second-order valence-electron chi connectivity index (χ2n) is 4.30. The first-order valence-electron chi connectivity index (χ1n) is 5.58. The van der Waals surface area contributed by atoms with Crippen LogP contribution in [0.15, 0.2) is 5.16 Å². The Morgan fingerprint density at radius 2 is 2.25 bits per heavy atom. The molecule has 1 unspecified atom stereocenters. The van der Waals surface area contributed by atoms with Gasteiger partial charge in [-0.1, -0.05) is 0 Å². The number of nitrogens with one attached hydrogen (secondary N) is 1. The molecule has 3 rings (SSSR count). The highest BCUT2D eigenvalue weighted by molar-refractivity contribution is 7.91. The zero-order chi connectivity index (χ0) is 11.2.